The average Bonchev–Trinajstić information content (AvgIpc) is 4.01. The molecule has 0 saturated carbocycles. The van der Waals surface area contributed by atoms with Crippen LogP contribution in [-0.4, -0.2) is 43.0 Å². The summed E-state index contributed by atoms with van der Waals surface area (Å²) >= 11 is 0. The van der Waals surface area contributed by atoms with E-state index in [9.17, 15) is 0 Å². The summed E-state index contributed by atoms with van der Waals surface area (Å²) < 4.78 is 57.0. The first-order valence-electron chi connectivity index (χ1n) is 25.5. The second kappa shape index (κ2) is 14.6. The molecular formula is C63H57B2F3N4. The Labute approximate surface area is 419 Å². The van der Waals surface area contributed by atoms with Gasteiger partial charge in [0, 0.05) is 48.5 Å². The van der Waals surface area contributed by atoms with E-state index in [0.29, 0.717) is 22.8 Å². The van der Waals surface area contributed by atoms with Crippen molar-refractivity contribution in [3.63, 3.8) is 0 Å². The number of hydrogen-bond acceptors (Lipinski definition) is 0. The summed E-state index contributed by atoms with van der Waals surface area (Å²) in [6.07, 6.45) is 4.03. The highest BCUT2D eigenvalue weighted by molar-refractivity contribution is 6.64. The molecule has 9 heteroatoms. The molecule has 7 aromatic carbocycles. The third-order valence-electron chi connectivity index (χ3n) is 17.0. The van der Waals surface area contributed by atoms with Gasteiger partial charge in [-0.05, 0) is 203 Å². The van der Waals surface area contributed by atoms with Crippen molar-refractivity contribution in [2.24, 2.45) is 0 Å². The van der Waals surface area contributed by atoms with Crippen molar-refractivity contribution in [1.29, 1.82) is 0 Å². The lowest BCUT2D eigenvalue weighted by Gasteiger charge is -2.38. The van der Waals surface area contributed by atoms with Gasteiger partial charge >= 0.3 is 13.7 Å². The van der Waals surface area contributed by atoms with E-state index in [4.69, 9.17) is 0 Å². The molecule has 4 aliphatic rings. The van der Waals surface area contributed by atoms with Gasteiger partial charge in [-0.1, -0.05) is 91.8 Å². The van der Waals surface area contributed by atoms with Gasteiger partial charge in [-0.15, -0.1) is 0 Å². The molecule has 0 bridgehead atoms. The van der Waals surface area contributed by atoms with Gasteiger partial charge in [-0.2, -0.15) is 0 Å². The zero-order chi connectivity index (χ0) is 50.5. The quantitative estimate of drug-likeness (QED) is 0.0949. The van der Waals surface area contributed by atoms with Crippen molar-refractivity contribution in [2.75, 3.05) is 0 Å². The van der Waals surface area contributed by atoms with E-state index < -0.39 is 13.7 Å². The summed E-state index contributed by atoms with van der Waals surface area (Å²) in [6.45, 7) is 19.6. The highest BCUT2D eigenvalue weighted by Crippen LogP contribution is 2.50. The van der Waals surface area contributed by atoms with Crippen LogP contribution in [0.5, 0.6) is 0 Å². The van der Waals surface area contributed by atoms with Crippen molar-refractivity contribution < 1.29 is 21.9 Å². The van der Waals surface area contributed by atoms with Gasteiger partial charge < -0.3 is 30.9 Å². The van der Waals surface area contributed by atoms with Crippen LogP contribution < -0.4 is 0 Å². The van der Waals surface area contributed by atoms with E-state index in [1.165, 1.54) is 57.6 Å². The van der Waals surface area contributed by atoms with Crippen molar-refractivity contribution in [2.45, 2.75) is 89.9 Å². The average molecular weight is 949 g/mol. The Hall–Kier alpha value is -7.38. The molecule has 0 N–H and O–H groups in total. The van der Waals surface area contributed by atoms with Gasteiger partial charge in [0.15, 0.2) is 11.4 Å². The second-order valence-corrected chi connectivity index (χ2v) is 21.9. The predicted molar refractivity (Wildman–Crippen MR) is 298 cm³/mol. The molecule has 72 heavy (non-hydrogen) atoms. The van der Waals surface area contributed by atoms with E-state index in [-0.39, 0.29) is 0 Å². The minimum absolute atomic E-state index is 0.566. The number of rotatable bonds is 4. The normalized spacial score (nSPS) is 18.4. The molecule has 4 aliphatic heterocycles. The molecule has 1 atom stereocenters. The highest BCUT2D eigenvalue weighted by Gasteiger charge is 2.55. The fourth-order valence-electron chi connectivity index (χ4n) is 14.7. The maximum atomic E-state index is 17.3. The first-order chi connectivity index (χ1) is 34.2. The molecule has 0 saturated heterocycles. The van der Waals surface area contributed by atoms with E-state index in [0.717, 1.165) is 106 Å². The lowest BCUT2D eigenvalue weighted by Crippen LogP contribution is -2.52. The first-order valence-corrected chi connectivity index (χ1v) is 25.5. The molecule has 6 heterocycles. The third kappa shape index (κ3) is 5.57. The number of benzene rings is 7. The molecule has 0 fully saturated rings. The van der Waals surface area contributed by atoms with Crippen LogP contribution in [-0.2, 0) is 0 Å². The smallest absolute Gasteiger partial charge is 0.428 e. The van der Waals surface area contributed by atoms with Crippen molar-refractivity contribution in [3.8, 4) is 22.3 Å². The van der Waals surface area contributed by atoms with E-state index in [1.807, 2.05) is 48.8 Å². The Morgan fingerprint density at radius 2 is 0.792 bits per heavy atom. The van der Waals surface area contributed by atoms with Crippen molar-refractivity contribution >= 4 is 79.3 Å². The number of halogens is 3. The van der Waals surface area contributed by atoms with Gasteiger partial charge in [0.25, 0.3) is 0 Å². The number of nitrogens with zero attached hydrogens (tertiary/aromatic N) is 4. The summed E-state index contributed by atoms with van der Waals surface area (Å²) in [4.78, 5) is 0. The molecule has 0 aliphatic carbocycles. The topological polar surface area (TPSA) is 15.9 Å². The molecule has 2 aromatic heterocycles. The lowest BCUT2D eigenvalue weighted by molar-refractivity contribution is -0.363. The number of hydrogen-bond donors (Lipinski definition) is 0. The monoisotopic (exact) mass is 948 g/mol. The maximum Gasteiger partial charge on any atom is 0.737 e. The number of aromatic nitrogens is 2. The fourth-order valence-corrected chi connectivity index (χ4v) is 14.7. The molecule has 13 rings (SSSR count). The molecule has 0 radical (unpaired) electrons. The standard InChI is InChI=1S/C63H57B2F3N4/c1-32-28-44(29-33(2)54(32)58-60-36(5)24-40(9)69(60)64(13,66)70-41(10)25-37(6)61(58)70)46-20-22-52-53-23-21-47(49-17-15-19-51(57(49)53)50-18-14-16-48(46)56(50)52)45-30-34(3)55(35(4)31-45)59-62-38(7)26-42(11)71(62)65(67,68)72-43(12)27-39(8)63(59)72/h14-31H,1-13H3. The summed E-state index contributed by atoms with van der Waals surface area (Å²) in [6, 6.07) is 35.8. The second-order valence-electron chi connectivity index (χ2n) is 21.9. The Kier molecular flexibility index (Phi) is 9.05. The Balaban J connectivity index is 0.960. The molecule has 9 aromatic rings. The van der Waals surface area contributed by atoms with Crippen LogP contribution in [0.2, 0.25) is 6.82 Å². The van der Waals surface area contributed by atoms with Crippen molar-refractivity contribution in [1.82, 2.24) is 8.96 Å². The van der Waals surface area contributed by atoms with Crippen LogP contribution >= 0.6 is 0 Å². The van der Waals surface area contributed by atoms with Gasteiger partial charge in [0.1, 0.15) is 11.4 Å². The summed E-state index contributed by atoms with van der Waals surface area (Å²) in [5, 5.41) is 9.73. The molecule has 356 valence electrons. The van der Waals surface area contributed by atoms with Crippen LogP contribution in [0.15, 0.2) is 132 Å². The number of aryl methyl sites for hydroxylation is 8. The highest BCUT2D eigenvalue weighted by atomic mass is 19.2. The van der Waals surface area contributed by atoms with E-state index in [1.54, 1.807) is 20.7 Å². The summed E-state index contributed by atoms with van der Waals surface area (Å²) in [7, 11) is 0. The Morgan fingerprint density at radius 1 is 0.417 bits per heavy atom. The third-order valence-corrected chi connectivity index (χ3v) is 17.0. The van der Waals surface area contributed by atoms with E-state index >= 15 is 12.9 Å². The number of fused-ring (bicyclic) bond motifs is 6. The Bertz CT molecular complexity index is 3930. The first kappa shape index (κ1) is 44.6. The molecule has 4 nitrogen and oxygen atoms in total. The summed E-state index contributed by atoms with van der Waals surface area (Å²) in [5.41, 5.74) is 23.2. The van der Waals surface area contributed by atoms with E-state index in [2.05, 4.69) is 139 Å². The number of allylic oxidation sites excluding steroid dienone is 4. The lowest BCUT2D eigenvalue weighted by atomic mass is 9.66. The Morgan fingerprint density at radius 3 is 1.25 bits per heavy atom. The van der Waals surface area contributed by atoms with Crippen LogP contribution in [0.1, 0.15) is 95.0 Å². The minimum atomic E-state index is -4.07. The minimum Gasteiger partial charge on any atom is -0.428 e. The van der Waals surface area contributed by atoms with Crippen LogP contribution in [0.3, 0.4) is 0 Å². The predicted octanol–water partition coefficient (Wildman–Crippen LogP) is 16.2. The van der Waals surface area contributed by atoms with Crippen LogP contribution in [0.25, 0.3) is 76.5 Å². The molecule has 1 unspecified atom stereocenters. The van der Waals surface area contributed by atoms with Crippen LogP contribution in [0, 0.1) is 55.4 Å². The van der Waals surface area contributed by atoms with Crippen molar-refractivity contribution in [3.05, 3.63) is 199 Å². The van der Waals surface area contributed by atoms with Gasteiger partial charge in [0.05, 0.1) is 11.1 Å². The SMILES string of the molecule is CC1=CC(C)=[N+]2C1=C(c1c(C)cc(-c3ccc4c5ccc(-c6cc(C)c(C7=C8C(C)=CC(C)=[N+]8[B-](F)(F)n8c(C)cc(C)c87)c(C)c6)c6cccc(c7cccc3c74)c65)cc1C)c1c(C)cc(C)n1[B-]2(C)F. The summed E-state index contributed by atoms with van der Waals surface area (Å²) in [5.74, 6) is 0. The van der Waals surface area contributed by atoms with Crippen LogP contribution in [0.4, 0.5) is 12.9 Å². The molecular weight excluding hydrogens is 891 g/mol. The molecule has 0 amide bonds. The largest absolute Gasteiger partial charge is 0.737 e. The maximum absolute atomic E-state index is 17.3. The van der Waals surface area contributed by atoms with Gasteiger partial charge in [-0.3, -0.25) is 0 Å². The fraction of sp³-hybridized carbons (Fsp3) is 0.206. The molecule has 0 spiro atoms. The zero-order valence-electron chi connectivity index (χ0n) is 43.5. The van der Waals surface area contributed by atoms with Gasteiger partial charge in [0.2, 0.25) is 0 Å². The van der Waals surface area contributed by atoms with Gasteiger partial charge in [-0.25, -0.2) is 0 Å². The zero-order valence-corrected chi connectivity index (χ0v) is 43.5.